The van der Waals surface area contributed by atoms with Crippen LogP contribution >= 0.6 is 23.2 Å². The molecule has 1 fully saturated rings. The van der Waals surface area contributed by atoms with Crippen LogP contribution in [0.3, 0.4) is 0 Å². The third kappa shape index (κ3) is 5.14. The number of benzene rings is 2. The largest absolute Gasteiger partial charge is 0.489 e. The zero-order valence-electron chi connectivity index (χ0n) is 13.7. The van der Waals surface area contributed by atoms with Crippen LogP contribution in [0.15, 0.2) is 42.5 Å². The maximum absolute atomic E-state index is 6.19. The molecule has 1 saturated carbocycles. The maximum atomic E-state index is 6.19. The maximum Gasteiger partial charge on any atom is 0.120 e. The van der Waals surface area contributed by atoms with Gasteiger partial charge < -0.3 is 10.1 Å². The molecule has 0 aliphatic heterocycles. The smallest absolute Gasteiger partial charge is 0.120 e. The summed E-state index contributed by atoms with van der Waals surface area (Å²) in [6.45, 7) is 1.33. The van der Waals surface area contributed by atoms with Crippen molar-refractivity contribution >= 4 is 23.2 Å². The van der Waals surface area contributed by atoms with Crippen LogP contribution < -0.4 is 10.1 Å². The SMILES string of the molecule is Clc1ccc(COc2cccc(CNC3CCCCC3)c2)c(Cl)c1. The van der Waals surface area contributed by atoms with Gasteiger partial charge in [0.25, 0.3) is 0 Å². The van der Waals surface area contributed by atoms with Crippen LogP contribution in [0.25, 0.3) is 0 Å². The van der Waals surface area contributed by atoms with Crippen LogP contribution in [-0.2, 0) is 13.2 Å². The topological polar surface area (TPSA) is 21.3 Å². The Hall–Kier alpha value is -1.22. The van der Waals surface area contributed by atoms with E-state index in [-0.39, 0.29) is 0 Å². The second kappa shape index (κ2) is 8.75. The Balaban J connectivity index is 1.54. The van der Waals surface area contributed by atoms with Gasteiger partial charge in [-0.3, -0.25) is 0 Å². The number of halogens is 2. The third-order valence-electron chi connectivity index (χ3n) is 4.51. The van der Waals surface area contributed by atoms with Crippen LogP contribution in [0.1, 0.15) is 43.2 Å². The summed E-state index contributed by atoms with van der Waals surface area (Å²) in [6.07, 6.45) is 6.68. The molecule has 4 heteroatoms. The molecule has 3 rings (SSSR count). The lowest BCUT2D eigenvalue weighted by Gasteiger charge is -2.23. The average Bonchev–Trinajstić information content (AvgIpc) is 2.60. The summed E-state index contributed by atoms with van der Waals surface area (Å²) in [4.78, 5) is 0. The first-order chi connectivity index (χ1) is 11.7. The molecule has 128 valence electrons. The first kappa shape index (κ1) is 17.6. The molecule has 0 bridgehead atoms. The summed E-state index contributed by atoms with van der Waals surface area (Å²) in [5.41, 5.74) is 2.19. The van der Waals surface area contributed by atoms with Gasteiger partial charge in [-0.05, 0) is 42.7 Å². The Kier molecular flexibility index (Phi) is 6.42. The van der Waals surface area contributed by atoms with Crippen LogP contribution in [0.2, 0.25) is 10.0 Å². The molecule has 2 aromatic rings. The highest BCUT2D eigenvalue weighted by atomic mass is 35.5. The van der Waals surface area contributed by atoms with Crippen molar-refractivity contribution in [2.24, 2.45) is 0 Å². The van der Waals surface area contributed by atoms with Crippen molar-refractivity contribution in [3.8, 4) is 5.75 Å². The van der Waals surface area contributed by atoms with Gasteiger partial charge in [-0.15, -0.1) is 0 Å². The molecule has 0 atom stereocenters. The summed E-state index contributed by atoms with van der Waals surface area (Å²) in [7, 11) is 0. The highest BCUT2D eigenvalue weighted by molar-refractivity contribution is 6.35. The highest BCUT2D eigenvalue weighted by Crippen LogP contribution is 2.23. The second-order valence-corrected chi connectivity index (χ2v) is 7.23. The van der Waals surface area contributed by atoms with Crippen molar-refractivity contribution in [1.82, 2.24) is 5.32 Å². The number of hydrogen-bond acceptors (Lipinski definition) is 2. The fourth-order valence-corrected chi connectivity index (χ4v) is 3.58. The molecule has 1 aliphatic rings. The van der Waals surface area contributed by atoms with E-state index in [1.807, 2.05) is 24.3 Å². The van der Waals surface area contributed by atoms with E-state index in [4.69, 9.17) is 27.9 Å². The molecule has 0 unspecified atom stereocenters. The lowest BCUT2D eigenvalue weighted by Crippen LogP contribution is -2.30. The van der Waals surface area contributed by atoms with E-state index in [1.54, 1.807) is 6.07 Å². The average molecular weight is 364 g/mol. The van der Waals surface area contributed by atoms with Gasteiger partial charge in [0.1, 0.15) is 12.4 Å². The molecule has 1 N–H and O–H groups in total. The van der Waals surface area contributed by atoms with E-state index < -0.39 is 0 Å². The minimum atomic E-state index is 0.440. The summed E-state index contributed by atoms with van der Waals surface area (Å²) in [6, 6.07) is 14.4. The van der Waals surface area contributed by atoms with E-state index in [9.17, 15) is 0 Å². The van der Waals surface area contributed by atoms with Gasteiger partial charge in [-0.2, -0.15) is 0 Å². The van der Waals surface area contributed by atoms with Gasteiger partial charge in [-0.25, -0.2) is 0 Å². The number of rotatable bonds is 6. The summed E-state index contributed by atoms with van der Waals surface area (Å²) >= 11 is 12.1. The van der Waals surface area contributed by atoms with E-state index in [2.05, 4.69) is 17.4 Å². The molecule has 24 heavy (non-hydrogen) atoms. The lowest BCUT2D eigenvalue weighted by atomic mass is 9.95. The fourth-order valence-electron chi connectivity index (χ4n) is 3.11. The zero-order chi connectivity index (χ0) is 16.8. The number of hydrogen-bond donors (Lipinski definition) is 1. The minimum absolute atomic E-state index is 0.440. The first-order valence-electron chi connectivity index (χ1n) is 8.60. The van der Waals surface area contributed by atoms with Crippen molar-refractivity contribution < 1.29 is 4.74 Å². The number of nitrogens with one attached hydrogen (secondary N) is 1. The minimum Gasteiger partial charge on any atom is -0.489 e. The molecular weight excluding hydrogens is 341 g/mol. The van der Waals surface area contributed by atoms with Crippen LogP contribution in [0, 0.1) is 0 Å². The first-order valence-corrected chi connectivity index (χ1v) is 9.35. The predicted octanol–water partition coefficient (Wildman–Crippen LogP) is 5.99. The van der Waals surface area contributed by atoms with E-state index >= 15 is 0 Å². The lowest BCUT2D eigenvalue weighted by molar-refractivity contribution is 0.305. The zero-order valence-corrected chi connectivity index (χ0v) is 15.2. The van der Waals surface area contributed by atoms with Gasteiger partial charge in [0.15, 0.2) is 0 Å². The van der Waals surface area contributed by atoms with E-state index in [0.29, 0.717) is 22.7 Å². The molecule has 0 saturated heterocycles. The van der Waals surface area contributed by atoms with Gasteiger partial charge >= 0.3 is 0 Å². The quantitative estimate of drug-likeness (QED) is 0.679. The van der Waals surface area contributed by atoms with Gasteiger partial charge in [0.2, 0.25) is 0 Å². The Labute approximate surface area is 154 Å². The molecule has 0 spiro atoms. The summed E-state index contributed by atoms with van der Waals surface area (Å²) in [5, 5.41) is 4.94. The molecule has 1 aliphatic carbocycles. The number of ether oxygens (including phenoxy) is 1. The molecule has 0 heterocycles. The second-order valence-electron chi connectivity index (χ2n) is 6.39. The predicted molar refractivity (Wildman–Crippen MR) is 101 cm³/mol. The van der Waals surface area contributed by atoms with Gasteiger partial charge in [0.05, 0.1) is 0 Å². The molecule has 2 nitrogen and oxygen atoms in total. The van der Waals surface area contributed by atoms with Crippen LogP contribution in [-0.4, -0.2) is 6.04 Å². The van der Waals surface area contributed by atoms with Gasteiger partial charge in [-0.1, -0.05) is 60.7 Å². The molecule has 0 aromatic heterocycles. The Morgan fingerprint density at radius 3 is 2.62 bits per heavy atom. The van der Waals surface area contributed by atoms with Crippen molar-refractivity contribution in [2.75, 3.05) is 0 Å². The summed E-state index contributed by atoms with van der Waals surface area (Å²) < 4.78 is 5.89. The Morgan fingerprint density at radius 2 is 1.83 bits per heavy atom. The standard InChI is InChI=1S/C20H23Cl2NO/c21-17-10-9-16(20(22)12-17)14-24-19-8-4-5-15(11-19)13-23-18-6-2-1-3-7-18/h4-5,8-12,18,23H,1-3,6-7,13-14H2. The molecular formula is C20H23Cl2NO. The normalized spacial score (nSPS) is 15.4. The molecule has 0 amide bonds. The van der Waals surface area contributed by atoms with Crippen molar-refractivity contribution in [3.05, 3.63) is 63.6 Å². The van der Waals surface area contributed by atoms with Crippen molar-refractivity contribution in [3.63, 3.8) is 0 Å². The van der Waals surface area contributed by atoms with E-state index in [1.165, 1.54) is 37.7 Å². The fraction of sp³-hybridized carbons (Fsp3) is 0.400. The highest BCUT2D eigenvalue weighted by Gasteiger charge is 2.12. The monoisotopic (exact) mass is 363 g/mol. The Bertz CT molecular complexity index is 668. The Morgan fingerprint density at radius 1 is 1.00 bits per heavy atom. The van der Waals surface area contributed by atoms with Crippen LogP contribution in [0.5, 0.6) is 5.75 Å². The van der Waals surface area contributed by atoms with Crippen LogP contribution in [0.4, 0.5) is 0 Å². The van der Waals surface area contributed by atoms with Crippen molar-refractivity contribution in [2.45, 2.75) is 51.3 Å². The third-order valence-corrected chi connectivity index (χ3v) is 5.09. The van der Waals surface area contributed by atoms with E-state index in [0.717, 1.165) is 17.9 Å². The van der Waals surface area contributed by atoms with Crippen molar-refractivity contribution in [1.29, 1.82) is 0 Å². The summed E-state index contributed by atoms with van der Waals surface area (Å²) in [5.74, 6) is 0.865. The molecule has 2 aromatic carbocycles. The molecule has 0 radical (unpaired) electrons. The van der Waals surface area contributed by atoms with Gasteiger partial charge in [0, 0.05) is 28.2 Å².